The van der Waals surface area contributed by atoms with Gasteiger partial charge in [-0.2, -0.15) is 14.1 Å². The second-order valence-electron chi connectivity index (χ2n) is 13.0. The van der Waals surface area contributed by atoms with Gasteiger partial charge in [0.05, 0.1) is 6.10 Å². The highest BCUT2D eigenvalue weighted by molar-refractivity contribution is 6.74. The highest BCUT2D eigenvalue weighted by Crippen LogP contribution is 2.45. The smallest absolute Gasteiger partial charge is 0.448 e. The molecule has 224 valence electrons. The van der Waals surface area contributed by atoms with Crippen LogP contribution in [0, 0.1) is 5.92 Å². The Morgan fingerprint density at radius 1 is 1.05 bits per heavy atom. The normalized spacial score (nSPS) is 22.2. The van der Waals surface area contributed by atoms with Crippen molar-refractivity contribution in [1.29, 1.82) is 0 Å². The lowest BCUT2D eigenvalue weighted by molar-refractivity contribution is -0.708. The third-order valence-corrected chi connectivity index (χ3v) is 13.7. The molecule has 0 spiro atoms. The molecule has 0 amide bonds. The predicted octanol–water partition coefficient (Wildman–Crippen LogP) is 4.51. The average molecular weight is 593 g/mol. The molecule has 9 nitrogen and oxygen atoms in total. The fourth-order valence-corrected chi connectivity index (χ4v) is 7.17. The lowest BCUT2D eigenvalue weighted by Crippen LogP contribution is -2.59. The zero-order valence-electron chi connectivity index (χ0n) is 25.5. The summed E-state index contributed by atoms with van der Waals surface area (Å²) in [7, 11) is -2.22. The molecule has 5 rings (SSSR count). The van der Waals surface area contributed by atoms with Crippen molar-refractivity contribution >= 4 is 14.3 Å². The van der Waals surface area contributed by atoms with E-state index in [2.05, 4.69) is 70.0 Å². The van der Waals surface area contributed by atoms with E-state index in [1.54, 1.807) is 0 Å². The summed E-state index contributed by atoms with van der Waals surface area (Å²) in [5.41, 5.74) is 3.19. The topological polar surface area (TPSA) is 104 Å². The van der Waals surface area contributed by atoms with Gasteiger partial charge in [0.2, 0.25) is 12.6 Å². The van der Waals surface area contributed by atoms with E-state index in [1.807, 2.05) is 31.2 Å². The number of benzene rings is 2. The summed E-state index contributed by atoms with van der Waals surface area (Å²) in [6, 6.07) is 16.2. The quantitative estimate of drug-likeness (QED) is 0.235. The van der Waals surface area contributed by atoms with Crippen LogP contribution in [0.1, 0.15) is 64.3 Å². The van der Waals surface area contributed by atoms with E-state index in [0.717, 1.165) is 33.2 Å². The number of carbonyl (C=O) groups excluding carboxylic acids is 1. The van der Waals surface area contributed by atoms with Crippen LogP contribution < -0.4 is 15.9 Å². The van der Waals surface area contributed by atoms with Gasteiger partial charge in [0.15, 0.2) is 14.9 Å². The molecular formula is C32H42N3O6Si+. The maximum absolute atomic E-state index is 13.1. The minimum Gasteiger partial charge on any atom is -0.462 e. The molecule has 4 atom stereocenters. The van der Waals surface area contributed by atoms with Gasteiger partial charge >= 0.3 is 17.3 Å². The van der Waals surface area contributed by atoms with Gasteiger partial charge in [0, 0.05) is 11.8 Å². The van der Waals surface area contributed by atoms with Crippen molar-refractivity contribution in [2.24, 2.45) is 5.92 Å². The summed E-state index contributed by atoms with van der Waals surface area (Å²) >= 11 is 0. The zero-order valence-corrected chi connectivity index (χ0v) is 26.5. The Morgan fingerprint density at radius 3 is 2.21 bits per heavy atom. The summed E-state index contributed by atoms with van der Waals surface area (Å²) in [5.74, 6) is -0.631. The van der Waals surface area contributed by atoms with Crippen molar-refractivity contribution in [3.05, 3.63) is 87.0 Å². The van der Waals surface area contributed by atoms with E-state index in [1.165, 1.54) is 10.9 Å². The fraction of sp³-hybridized carbons (Fsp3) is 0.500. The van der Waals surface area contributed by atoms with Gasteiger partial charge in [0.25, 0.3) is 0 Å². The Kier molecular flexibility index (Phi) is 8.17. The van der Waals surface area contributed by atoms with Gasteiger partial charge in [-0.05, 0) is 46.8 Å². The molecule has 1 aliphatic carbocycles. The summed E-state index contributed by atoms with van der Waals surface area (Å²) in [5, 5.41) is -0.0401. The van der Waals surface area contributed by atoms with Gasteiger partial charge in [-0.1, -0.05) is 83.1 Å². The van der Waals surface area contributed by atoms with Crippen LogP contribution in [-0.2, 0) is 25.2 Å². The monoisotopic (exact) mass is 592 g/mol. The highest BCUT2D eigenvalue weighted by Gasteiger charge is 2.50. The average Bonchev–Trinajstić information content (AvgIpc) is 3.42. The predicted molar refractivity (Wildman–Crippen MR) is 162 cm³/mol. The number of nitrogens with zero attached hydrogens (tertiary/aromatic N) is 2. The summed E-state index contributed by atoms with van der Waals surface area (Å²) in [6.07, 6.45) is 0.881. The molecule has 2 heterocycles. The van der Waals surface area contributed by atoms with Crippen molar-refractivity contribution in [2.75, 3.05) is 6.61 Å². The number of aromatic nitrogens is 3. The number of nitrogens with one attached hydrogen (secondary N) is 1. The first-order valence-electron chi connectivity index (χ1n) is 14.7. The van der Waals surface area contributed by atoms with Crippen LogP contribution in [0.4, 0.5) is 0 Å². The van der Waals surface area contributed by atoms with E-state index >= 15 is 0 Å². The van der Waals surface area contributed by atoms with Gasteiger partial charge in [-0.25, -0.2) is 14.4 Å². The molecule has 2 aliphatic rings. The summed E-state index contributed by atoms with van der Waals surface area (Å²) in [6.45, 7) is 14.8. The molecule has 42 heavy (non-hydrogen) atoms. The van der Waals surface area contributed by atoms with Crippen LogP contribution >= 0.6 is 0 Å². The van der Waals surface area contributed by atoms with Gasteiger partial charge < -0.3 is 13.9 Å². The number of fused-ring (bicyclic) bond motifs is 3. The Morgan fingerprint density at radius 2 is 1.64 bits per heavy atom. The molecular weight excluding hydrogens is 550 g/mol. The molecule has 0 radical (unpaired) electrons. The largest absolute Gasteiger partial charge is 0.462 e. The van der Waals surface area contributed by atoms with E-state index in [-0.39, 0.29) is 42.2 Å². The highest BCUT2D eigenvalue weighted by atomic mass is 28.4. The molecule has 2 aromatic carbocycles. The third-order valence-electron chi connectivity index (χ3n) is 9.26. The van der Waals surface area contributed by atoms with Gasteiger partial charge in [-0.3, -0.25) is 0 Å². The van der Waals surface area contributed by atoms with Crippen LogP contribution in [0.3, 0.4) is 0 Å². The van der Waals surface area contributed by atoms with Crippen LogP contribution in [0.5, 0.6) is 0 Å². The number of carbonyl (C=O) groups is 1. The molecule has 1 aliphatic heterocycles. The standard InChI is InChI=1S/C32H41N3O6Si/c1-8-26-20(2)28(41-42(6,7)32(3,4)5)29(40-26)35-19-34(30(37)33-31(35)38)17-27(36)39-18-25-23-15-11-9-13-21(23)22-14-10-12-16-24(22)25/h9-16,19-20,25-26,28-29H,8,17-18H2,1-7H3/p+1/t20-,26+,28?,29+/m0/s1. The van der Waals surface area contributed by atoms with Crippen molar-refractivity contribution in [3.8, 4) is 11.1 Å². The van der Waals surface area contributed by atoms with Crippen molar-refractivity contribution in [1.82, 2.24) is 9.55 Å². The van der Waals surface area contributed by atoms with Gasteiger partial charge in [-0.15, -0.1) is 0 Å². The summed E-state index contributed by atoms with van der Waals surface area (Å²) in [4.78, 5) is 41.2. The maximum atomic E-state index is 13.1. The number of H-pyrrole nitrogens is 1. The van der Waals surface area contributed by atoms with E-state index < -0.39 is 31.9 Å². The van der Waals surface area contributed by atoms with Crippen molar-refractivity contribution in [2.45, 2.75) is 90.1 Å². The lowest BCUT2D eigenvalue weighted by atomic mass is 9.98. The molecule has 0 bridgehead atoms. The Hall–Kier alpha value is -3.34. The van der Waals surface area contributed by atoms with E-state index in [9.17, 15) is 14.4 Å². The Bertz CT molecular complexity index is 1540. The Balaban J connectivity index is 1.36. The number of esters is 1. The zero-order chi connectivity index (χ0) is 30.4. The Labute approximate surface area is 247 Å². The molecule has 0 saturated carbocycles. The molecule has 10 heteroatoms. The molecule has 1 N–H and O–H groups in total. The number of hydrogen-bond donors (Lipinski definition) is 1. The maximum Gasteiger partial charge on any atom is 0.448 e. The fourth-order valence-electron chi connectivity index (χ4n) is 5.80. The third kappa shape index (κ3) is 5.55. The van der Waals surface area contributed by atoms with Crippen LogP contribution in [0.25, 0.3) is 11.1 Å². The van der Waals surface area contributed by atoms with Crippen molar-refractivity contribution in [3.63, 3.8) is 0 Å². The van der Waals surface area contributed by atoms with E-state index in [0.29, 0.717) is 0 Å². The molecule has 1 saturated heterocycles. The molecule has 1 fully saturated rings. The summed E-state index contributed by atoms with van der Waals surface area (Å²) < 4.78 is 21.4. The van der Waals surface area contributed by atoms with Crippen LogP contribution in [-0.4, -0.2) is 42.7 Å². The van der Waals surface area contributed by atoms with Gasteiger partial charge in [0.1, 0.15) is 12.7 Å². The lowest BCUT2D eigenvalue weighted by Gasteiger charge is -2.39. The van der Waals surface area contributed by atoms with E-state index in [4.69, 9.17) is 13.9 Å². The first-order chi connectivity index (χ1) is 19.8. The van der Waals surface area contributed by atoms with Crippen molar-refractivity contribution < 1.29 is 23.3 Å². The number of ether oxygens (including phenoxy) is 2. The number of hydrogen-bond acceptors (Lipinski definition) is 6. The minimum atomic E-state index is -2.22. The number of aromatic amines is 1. The second kappa shape index (κ2) is 11.4. The number of rotatable bonds is 8. The second-order valence-corrected chi connectivity index (χ2v) is 17.7. The van der Waals surface area contributed by atoms with Crippen LogP contribution in [0.2, 0.25) is 18.1 Å². The first kappa shape index (κ1) is 30.1. The molecule has 1 aromatic heterocycles. The minimum absolute atomic E-state index is 0.0311. The first-order valence-corrected chi connectivity index (χ1v) is 17.6. The molecule has 1 unspecified atom stereocenters. The SMILES string of the molecule is CC[C@H]1O[C@@H](n2c[n+](CC(=O)OCC3c4ccccc4-c4ccccc43)c(=O)[nH]c2=O)C(O[Si](C)(C)C(C)(C)C)[C@H]1C. The molecule has 3 aromatic rings. The van der Waals surface area contributed by atoms with Crippen LogP contribution in [0.15, 0.2) is 64.4 Å².